The first-order valence-corrected chi connectivity index (χ1v) is 6.06. The number of rotatable bonds is 4. The summed E-state index contributed by atoms with van der Waals surface area (Å²) in [4.78, 5) is 13.8. The van der Waals surface area contributed by atoms with Crippen LogP contribution in [0.15, 0.2) is 18.3 Å². The maximum atomic E-state index is 12.4. The van der Waals surface area contributed by atoms with Gasteiger partial charge in [-0.25, -0.2) is 8.78 Å². The van der Waals surface area contributed by atoms with Crippen LogP contribution in [0.3, 0.4) is 0 Å². The molecule has 1 aromatic heterocycles. The number of aliphatic hydroxyl groups is 1. The molecule has 1 atom stereocenters. The minimum absolute atomic E-state index is 0.207. The number of halogens is 2. The highest BCUT2D eigenvalue weighted by molar-refractivity contribution is 5.93. The van der Waals surface area contributed by atoms with Gasteiger partial charge in [-0.1, -0.05) is 0 Å². The van der Waals surface area contributed by atoms with Gasteiger partial charge >= 0.3 is 0 Å². The van der Waals surface area contributed by atoms with E-state index in [-0.39, 0.29) is 24.8 Å². The molecule has 0 saturated carbocycles. The van der Waals surface area contributed by atoms with Crippen LogP contribution in [0.2, 0.25) is 0 Å². The van der Waals surface area contributed by atoms with E-state index in [1.54, 1.807) is 6.07 Å². The van der Waals surface area contributed by atoms with Crippen LogP contribution in [0.4, 0.5) is 8.78 Å². The first-order valence-electron chi connectivity index (χ1n) is 6.06. The molecule has 19 heavy (non-hydrogen) atoms. The van der Waals surface area contributed by atoms with Crippen molar-refractivity contribution in [3.63, 3.8) is 0 Å². The third-order valence-electron chi connectivity index (χ3n) is 3.08. The highest BCUT2D eigenvalue weighted by Crippen LogP contribution is 2.14. The van der Waals surface area contributed by atoms with Crippen molar-refractivity contribution < 1.29 is 23.4 Å². The topological polar surface area (TPSA) is 54.7 Å². The molecule has 106 valence electrons. The molecule has 1 N–H and O–H groups in total. The fraction of sp³-hybridized carbons (Fsp3) is 0.583. The molecule has 0 spiro atoms. The van der Waals surface area contributed by atoms with Crippen molar-refractivity contribution in [1.82, 2.24) is 9.47 Å². The van der Waals surface area contributed by atoms with E-state index in [9.17, 15) is 18.7 Å². The summed E-state index contributed by atoms with van der Waals surface area (Å²) in [6.07, 6.45) is -1.06. The Morgan fingerprint density at radius 2 is 2.37 bits per heavy atom. The van der Waals surface area contributed by atoms with Crippen LogP contribution in [0.25, 0.3) is 0 Å². The Hall–Kier alpha value is -1.47. The molecule has 0 aromatic carbocycles. The maximum Gasteiger partial charge on any atom is 0.270 e. The van der Waals surface area contributed by atoms with Gasteiger partial charge in [-0.3, -0.25) is 4.79 Å². The molecule has 5 nitrogen and oxygen atoms in total. The van der Waals surface area contributed by atoms with Gasteiger partial charge in [0, 0.05) is 12.7 Å². The fourth-order valence-corrected chi connectivity index (χ4v) is 2.14. The predicted octanol–water partition coefficient (Wildman–Crippen LogP) is 0.587. The number of carbonyl (C=O) groups is 1. The van der Waals surface area contributed by atoms with Crippen molar-refractivity contribution in [3.05, 3.63) is 24.0 Å². The normalized spacial score (nSPS) is 20.0. The quantitative estimate of drug-likeness (QED) is 0.874. The molecule has 1 aliphatic heterocycles. The molecule has 1 fully saturated rings. The summed E-state index contributed by atoms with van der Waals surface area (Å²) in [5, 5.41) is 9.22. The number of carbonyl (C=O) groups excluding carboxylic acids is 1. The molecule has 1 unspecified atom stereocenters. The first kappa shape index (κ1) is 14.0. The standard InChI is InChI=1S/C12H16F2N2O3/c13-11(14)6-15-3-1-2-10(15)12(18)16-4-5-19-8-9(16)7-17/h1-3,9,11,17H,4-8H2. The van der Waals surface area contributed by atoms with Crippen LogP contribution in [0, 0.1) is 0 Å². The van der Waals surface area contributed by atoms with E-state index >= 15 is 0 Å². The summed E-state index contributed by atoms with van der Waals surface area (Å²) in [5.74, 6) is -0.354. The van der Waals surface area contributed by atoms with Crippen LogP contribution in [0.1, 0.15) is 10.5 Å². The van der Waals surface area contributed by atoms with E-state index in [0.29, 0.717) is 13.2 Å². The zero-order valence-corrected chi connectivity index (χ0v) is 10.3. The second-order valence-electron chi connectivity index (χ2n) is 4.35. The van der Waals surface area contributed by atoms with Gasteiger partial charge in [0.1, 0.15) is 5.69 Å². The number of amides is 1. The number of morpholine rings is 1. The Kier molecular flexibility index (Phi) is 4.49. The fourth-order valence-electron chi connectivity index (χ4n) is 2.14. The lowest BCUT2D eigenvalue weighted by Gasteiger charge is -2.34. The van der Waals surface area contributed by atoms with Gasteiger partial charge in [-0.2, -0.15) is 0 Å². The van der Waals surface area contributed by atoms with Crippen LogP contribution < -0.4 is 0 Å². The highest BCUT2D eigenvalue weighted by Gasteiger charge is 2.29. The van der Waals surface area contributed by atoms with Gasteiger partial charge in [0.15, 0.2) is 0 Å². The van der Waals surface area contributed by atoms with E-state index in [4.69, 9.17) is 4.74 Å². The van der Waals surface area contributed by atoms with Crippen LogP contribution in [0.5, 0.6) is 0 Å². The molecular weight excluding hydrogens is 258 g/mol. The molecule has 0 radical (unpaired) electrons. The zero-order valence-electron chi connectivity index (χ0n) is 10.3. The van der Waals surface area contributed by atoms with Gasteiger partial charge in [0.2, 0.25) is 0 Å². The number of hydrogen-bond acceptors (Lipinski definition) is 3. The molecule has 1 aromatic rings. The average molecular weight is 274 g/mol. The lowest BCUT2D eigenvalue weighted by Crippen LogP contribution is -2.50. The van der Waals surface area contributed by atoms with Crippen LogP contribution in [-0.2, 0) is 11.3 Å². The Labute approximate surface area is 109 Å². The summed E-state index contributed by atoms with van der Waals surface area (Å²) in [6.45, 7) is 0.281. The number of alkyl halides is 2. The Morgan fingerprint density at radius 3 is 3.05 bits per heavy atom. The van der Waals surface area contributed by atoms with Gasteiger partial charge in [0.05, 0.1) is 32.4 Å². The average Bonchev–Trinajstić information content (AvgIpc) is 2.85. The summed E-state index contributed by atoms with van der Waals surface area (Å²) < 4.78 is 31.3. The van der Waals surface area contributed by atoms with Crippen molar-refractivity contribution >= 4 is 5.91 Å². The summed E-state index contributed by atoms with van der Waals surface area (Å²) in [6, 6.07) is 2.65. The van der Waals surface area contributed by atoms with Gasteiger partial charge in [-0.05, 0) is 12.1 Å². The third-order valence-corrected chi connectivity index (χ3v) is 3.08. The smallest absolute Gasteiger partial charge is 0.270 e. The summed E-state index contributed by atoms with van der Waals surface area (Å²) in [7, 11) is 0. The lowest BCUT2D eigenvalue weighted by atomic mass is 10.2. The molecular formula is C12H16F2N2O3. The minimum atomic E-state index is -2.52. The largest absolute Gasteiger partial charge is 0.394 e. The summed E-state index contributed by atoms with van der Waals surface area (Å²) in [5.41, 5.74) is 0.209. The number of hydrogen-bond donors (Lipinski definition) is 1. The van der Waals surface area contributed by atoms with Crippen molar-refractivity contribution in [2.75, 3.05) is 26.4 Å². The van der Waals surface area contributed by atoms with Gasteiger partial charge < -0.3 is 19.3 Å². The van der Waals surface area contributed by atoms with Crippen molar-refractivity contribution in [1.29, 1.82) is 0 Å². The molecule has 7 heteroatoms. The third kappa shape index (κ3) is 3.10. The van der Waals surface area contributed by atoms with E-state index in [1.807, 2.05) is 0 Å². The van der Waals surface area contributed by atoms with E-state index in [1.165, 1.54) is 21.7 Å². The van der Waals surface area contributed by atoms with Gasteiger partial charge in [-0.15, -0.1) is 0 Å². The number of ether oxygens (including phenoxy) is 1. The molecule has 1 saturated heterocycles. The number of nitrogens with zero attached hydrogens (tertiary/aromatic N) is 2. The predicted molar refractivity (Wildman–Crippen MR) is 63.2 cm³/mol. The van der Waals surface area contributed by atoms with Crippen LogP contribution >= 0.6 is 0 Å². The minimum Gasteiger partial charge on any atom is -0.394 e. The van der Waals surface area contributed by atoms with E-state index < -0.39 is 19.0 Å². The van der Waals surface area contributed by atoms with Gasteiger partial charge in [0.25, 0.3) is 12.3 Å². The molecule has 1 amide bonds. The Bertz CT molecular complexity index is 436. The molecule has 1 aliphatic rings. The highest BCUT2D eigenvalue weighted by atomic mass is 19.3. The second-order valence-corrected chi connectivity index (χ2v) is 4.35. The van der Waals surface area contributed by atoms with Crippen molar-refractivity contribution in [2.45, 2.75) is 19.0 Å². The molecule has 0 aliphatic carbocycles. The van der Waals surface area contributed by atoms with E-state index in [0.717, 1.165) is 0 Å². The molecule has 2 rings (SSSR count). The molecule has 2 heterocycles. The van der Waals surface area contributed by atoms with Crippen LogP contribution in [-0.4, -0.2) is 59.3 Å². The summed E-state index contributed by atoms with van der Waals surface area (Å²) >= 11 is 0. The van der Waals surface area contributed by atoms with Crippen molar-refractivity contribution in [3.8, 4) is 0 Å². The number of aliphatic hydroxyl groups excluding tert-OH is 1. The number of aromatic nitrogens is 1. The SMILES string of the molecule is O=C(c1cccn1CC(F)F)N1CCOCC1CO. The van der Waals surface area contributed by atoms with E-state index in [2.05, 4.69) is 0 Å². The molecule has 0 bridgehead atoms. The second kappa shape index (κ2) is 6.12. The monoisotopic (exact) mass is 274 g/mol. The zero-order chi connectivity index (χ0) is 13.8. The lowest BCUT2D eigenvalue weighted by molar-refractivity contribution is -0.0189. The Balaban J connectivity index is 2.16. The first-order chi connectivity index (χ1) is 9.13. The van der Waals surface area contributed by atoms with Crippen molar-refractivity contribution in [2.24, 2.45) is 0 Å². The Morgan fingerprint density at radius 1 is 1.58 bits per heavy atom. The maximum absolute atomic E-state index is 12.4.